The second kappa shape index (κ2) is 6.90. The van der Waals surface area contributed by atoms with Crippen molar-refractivity contribution < 1.29 is 14.3 Å². The average Bonchev–Trinajstić information content (AvgIpc) is 3.41. The summed E-state index contributed by atoms with van der Waals surface area (Å²) < 4.78 is 10.9. The number of hydrogen-bond donors (Lipinski definition) is 1. The number of nitrogens with one attached hydrogen (secondary N) is 1. The number of amides is 1. The van der Waals surface area contributed by atoms with Crippen LogP contribution < -0.4 is 10.1 Å². The van der Waals surface area contributed by atoms with Crippen LogP contribution in [0.2, 0.25) is 0 Å². The fourth-order valence-corrected chi connectivity index (χ4v) is 2.53. The molecule has 0 aliphatic heterocycles. The highest BCUT2D eigenvalue weighted by Crippen LogP contribution is 2.28. The van der Waals surface area contributed by atoms with Crippen molar-refractivity contribution in [1.82, 2.24) is 10.3 Å². The third-order valence-corrected chi connectivity index (χ3v) is 4.05. The highest BCUT2D eigenvalue weighted by Gasteiger charge is 2.25. The SMILES string of the molecule is C#Cc1cnc2c(C)cc(OC(OC)C(=O)NCC3CC3)cc2c1. The Kier molecular flexibility index (Phi) is 4.68. The molecular formula is C19H20N2O3. The molecule has 0 spiro atoms. The minimum Gasteiger partial charge on any atom is -0.455 e. The van der Waals surface area contributed by atoms with Crippen molar-refractivity contribution in [2.75, 3.05) is 13.7 Å². The Labute approximate surface area is 141 Å². The van der Waals surface area contributed by atoms with Crippen LogP contribution in [0.3, 0.4) is 0 Å². The first-order chi connectivity index (χ1) is 11.6. The van der Waals surface area contributed by atoms with Crippen LogP contribution >= 0.6 is 0 Å². The minimum atomic E-state index is -0.982. The van der Waals surface area contributed by atoms with E-state index in [0.717, 1.165) is 16.5 Å². The Bertz CT molecular complexity index is 806. The number of fused-ring (bicyclic) bond motifs is 1. The molecule has 1 aromatic carbocycles. The predicted molar refractivity (Wildman–Crippen MR) is 91.6 cm³/mol. The second-order valence-corrected chi connectivity index (χ2v) is 6.05. The molecule has 1 aliphatic rings. The number of carbonyl (C=O) groups excluding carboxylic acids is 1. The molecule has 1 fully saturated rings. The van der Waals surface area contributed by atoms with Crippen molar-refractivity contribution in [3.05, 3.63) is 35.5 Å². The maximum Gasteiger partial charge on any atom is 0.289 e. The van der Waals surface area contributed by atoms with E-state index >= 15 is 0 Å². The molecule has 1 N–H and O–H groups in total. The number of terminal acetylenes is 1. The van der Waals surface area contributed by atoms with Crippen molar-refractivity contribution in [3.8, 4) is 18.1 Å². The summed E-state index contributed by atoms with van der Waals surface area (Å²) in [4.78, 5) is 16.5. The minimum absolute atomic E-state index is 0.266. The molecule has 0 bridgehead atoms. The number of pyridine rings is 1. The first kappa shape index (κ1) is 16.3. The van der Waals surface area contributed by atoms with Gasteiger partial charge in [0.05, 0.1) is 5.52 Å². The molecule has 24 heavy (non-hydrogen) atoms. The highest BCUT2D eigenvalue weighted by molar-refractivity contribution is 5.85. The predicted octanol–water partition coefficient (Wildman–Crippen LogP) is 2.40. The Morgan fingerprint density at radius 2 is 2.25 bits per heavy atom. The van der Waals surface area contributed by atoms with E-state index in [2.05, 4.69) is 16.2 Å². The molecule has 5 nitrogen and oxygen atoms in total. The molecule has 124 valence electrons. The summed E-state index contributed by atoms with van der Waals surface area (Å²) in [5.41, 5.74) is 2.50. The quantitative estimate of drug-likeness (QED) is 0.655. The molecule has 5 heteroatoms. The number of aromatic nitrogens is 1. The maximum absolute atomic E-state index is 12.2. The lowest BCUT2D eigenvalue weighted by atomic mass is 10.1. The van der Waals surface area contributed by atoms with Crippen molar-refractivity contribution in [2.24, 2.45) is 5.92 Å². The van der Waals surface area contributed by atoms with Crippen LogP contribution in [0.25, 0.3) is 10.9 Å². The zero-order chi connectivity index (χ0) is 17.1. The molecule has 1 amide bonds. The molecule has 3 rings (SSSR count). The average molecular weight is 324 g/mol. The van der Waals surface area contributed by atoms with E-state index in [1.807, 2.05) is 25.1 Å². The van der Waals surface area contributed by atoms with Gasteiger partial charge in [-0.15, -0.1) is 6.42 Å². The zero-order valence-electron chi connectivity index (χ0n) is 13.8. The summed E-state index contributed by atoms with van der Waals surface area (Å²) >= 11 is 0. The molecule has 1 unspecified atom stereocenters. The maximum atomic E-state index is 12.2. The number of benzene rings is 1. The number of methoxy groups -OCH3 is 1. The van der Waals surface area contributed by atoms with Crippen LogP contribution in [0.5, 0.6) is 5.75 Å². The number of aryl methyl sites for hydroxylation is 1. The van der Waals surface area contributed by atoms with Gasteiger partial charge in [-0.2, -0.15) is 0 Å². The van der Waals surface area contributed by atoms with Crippen LogP contribution in [-0.4, -0.2) is 30.8 Å². The monoisotopic (exact) mass is 324 g/mol. The summed E-state index contributed by atoms with van der Waals surface area (Å²) in [6.45, 7) is 2.61. The van der Waals surface area contributed by atoms with Gasteiger partial charge in [0.1, 0.15) is 5.75 Å². The summed E-state index contributed by atoms with van der Waals surface area (Å²) in [6.07, 6.45) is 8.46. The van der Waals surface area contributed by atoms with Gasteiger partial charge in [-0.3, -0.25) is 9.78 Å². The van der Waals surface area contributed by atoms with E-state index in [-0.39, 0.29) is 5.91 Å². The van der Waals surface area contributed by atoms with Gasteiger partial charge in [0.25, 0.3) is 12.2 Å². The lowest BCUT2D eigenvalue weighted by molar-refractivity contribution is -0.148. The molecule has 1 aliphatic carbocycles. The van der Waals surface area contributed by atoms with E-state index in [0.29, 0.717) is 23.8 Å². The fourth-order valence-electron chi connectivity index (χ4n) is 2.53. The van der Waals surface area contributed by atoms with Crippen LogP contribution in [-0.2, 0) is 9.53 Å². The normalized spacial score (nSPS) is 14.9. The number of ether oxygens (including phenoxy) is 2. The second-order valence-electron chi connectivity index (χ2n) is 6.05. The van der Waals surface area contributed by atoms with Gasteiger partial charge in [0.15, 0.2) is 0 Å². The lowest BCUT2D eigenvalue weighted by Gasteiger charge is -2.18. The molecule has 1 saturated carbocycles. The Balaban J connectivity index is 1.79. The number of carbonyl (C=O) groups is 1. The van der Waals surface area contributed by atoms with E-state index in [9.17, 15) is 4.79 Å². The number of nitrogens with zero attached hydrogens (tertiary/aromatic N) is 1. The van der Waals surface area contributed by atoms with Crippen LogP contribution in [0.15, 0.2) is 24.4 Å². The summed E-state index contributed by atoms with van der Waals surface area (Å²) in [5, 5.41) is 3.73. The van der Waals surface area contributed by atoms with Crippen molar-refractivity contribution in [3.63, 3.8) is 0 Å². The lowest BCUT2D eigenvalue weighted by Crippen LogP contribution is -2.40. The number of rotatable bonds is 6. The van der Waals surface area contributed by atoms with Crippen LogP contribution in [0.4, 0.5) is 0 Å². The summed E-state index contributed by atoms with van der Waals surface area (Å²) in [7, 11) is 1.45. The van der Waals surface area contributed by atoms with Gasteiger partial charge in [0.2, 0.25) is 0 Å². The van der Waals surface area contributed by atoms with Crippen molar-refractivity contribution >= 4 is 16.8 Å². The smallest absolute Gasteiger partial charge is 0.289 e. The van der Waals surface area contributed by atoms with E-state index in [1.54, 1.807) is 6.20 Å². The van der Waals surface area contributed by atoms with Gasteiger partial charge >= 0.3 is 0 Å². The third-order valence-electron chi connectivity index (χ3n) is 4.05. The summed E-state index contributed by atoms with van der Waals surface area (Å²) in [5.74, 6) is 3.45. The Morgan fingerprint density at radius 3 is 2.92 bits per heavy atom. The van der Waals surface area contributed by atoms with E-state index in [4.69, 9.17) is 15.9 Å². The molecule has 1 heterocycles. The first-order valence-electron chi connectivity index (χ1n) is 7.95. The molecule has 2 aromatic rings. The van der Waals surface area contributed by atoms with Crippen LogP contribution in [0, 0.1) is 25.2 Å². The Morgan fingerprint density at radius 1 is 1.46 bits per heavy atom. The molecule has 1 atom stereocenters. The number of hydrogen-bond acceptors (Lipinski definition) is 4. The highest BCUT2D eigenvalue weighted by atomic mass is 16.7. The Hall–Kier alpha value is -2.58. The fraction of sp³-hybridized carbons (Fsp3) is 0.368. The van der Waals surface area contributed by atoms with Gasteiger partial charge < -0.3 is 14.8 Å². The standard InChI is InChI=1S/C19H20N2O3/c1-4-13-8-15-9-16(7-12(2)17(15)20-10-13)24-19(23-3)18(22)21-11-14-5-6-14/h1,7-10,14,19H,5-6,11H2,2-3H3,(H,21,22). The molecular weight excluding hydrogens is 304 g/mol. The molecule has 0 radical (unpaired) electrons. The van der Waals surface area contributed by atoms with E-state index in [1.165, 1.54) is 20.0 Å². The van der Waals surface area contributed by atoms with Gasteiger partial charge in [-0.05, 0) is 49.4 Å². The third kappa shape index (κ3) is 3.66. The zero-order valence-corrected chi connectivity index (χ0v) is 13.8. The van der Waals surface area contributed by atoms with Gasteiger partial charge in [0, 0.05) is 30.8 Å². The largest absolute Gasteiger partial charge is 0.455 e. The van der Waals surface area contributed by atoms with Crippen molar-refractivity contribution in [1.29, 1.82) is 0 Å². The molecule has 0 saturated heterocycles. The summed E-state index contributed by atoms with van der Waals surface area (Å²) in [6, 6.07) is 5.53. The van der Waals surface area contributed by atoms with Gasteiger partial charge in [-0.25, -0.2) is 0 Å². The van der Waals surface area contributed by atoms with Gasteiger partial charge in [-0.1, -0.05) is 5.92 Å². The first-order valence-corrected chi connectivity index (χ1v) is 7.95. The van der Waals surface area contributed by atoms with Crippen LogP contribution in [0.1, 0.15) is 24.0 Å². The topological polar surface area (TPSA) is 60.5 Å². The molecule has 1 aromatic heterocycles. The van der Waals surface area contributed by atoms with Crippen molar-refractivity contribution in [2.45, 2.75) is 26.1 Å². The van der Waals surface area contributed by atoms with E-state index < -0.39 is 6.29 Å².